The van der Waals surface area contributed by atoms with Crippen LogP contribution in [0.15, 0.2) is 23.5 Å². The molecule has 0 radical (unpaired) electrons. The Morgan fingerprint density at radius 3 is 2.67 bits per heavy atom. The summed E-state index contributed by atoms with van der Waals surface area (Å²) in [7, 11) is 3.61. The molecule has 0 saturated carbocycles. The maximum Gasteiger partial charge on any atom is 0.186 e. The molecule has 24 heavy (non-hydrogen) atoms. The predicted octanol–water partition coefficient (Wildman–Crippen LogP) is 2.21. The third-order valence-electron chi connectivity index (χ3n) is 3.34. The van der Waals surface area contributed by atoms with E-state index in [-0.39, 0.29) is 11.4 Å². The number of anilines is 1. The minimum Gasteiger partial charge on any atom is -0.396 e. The van der Waals surface area contributed by atoms with Crippen LogP contribution in [0.25, 0.3) is 16.7 Å². The Balaban J connectivity index is 2.32. The average Bonchev–Trinajstić information content (AvgIpc) is 2.88. The van der Waals surface area contributed by atoms with Crippen LogP contribution in [0.4, 0.5) is 20.3 Å². The first-order valence-electron chi connectivity index (χ1n) is 7.05. The second-order valence-electron chi connectivity index (χ2n) is 5.40. The molecular formula is C15H15F2N7. The van der Waals surface area contributed by atoms with Crippen LogP contribution < -0.4 is 5.73 Å². The molecule has 2 heterocycles. The Morgan fingerprint density at radius 1 is 1.21 bits per heavy atom. The molecule has 2 aromatic heterocycles. The number of hydrogen-bond donors (Lipinski definition) is 1. The van der Waals surface area contributed by atoms with E-state index in [1.165, 1.54) is 23.1 Å². The number of halogens is 2. The first-order chi connectivity index (χ1) is 11.4. The Hall–Kier alpha value is -3.10. The lowest BCUT2D eigenvalue weighted by atomic mass is 10.2. The predicted molar refractivity (Wildman–Crippen MR) is 87.6 cm³/mol. The van der Waals surface area contributed by atoms with Gasteiger partial charge in [-0.2, -0.15) is 5.10 Å². The fourth-order valence-corrected chi connectivity index (χ4v) is 2.23. The fourth-order valence-electron chi connectivity index (χ4n) is 2.23. The largest absolute Gasteiger partial charge is 0.396 e. The highest BCUT2D eigenvalue weighted by Gasteiger charge is 2.20. The van der Waals surface area contributed by atoms with Gasteiger partial charge in [0.25, 0.3) is 0 Å². The van der Waals surface area contributed by atoms with E-state index in [1.54, 1.807) is 32.3 Å². The summed E-state index contributed by atoms with van der Waals surface area (Å²) in [5.41, 5.74) is 6.48. The molecule has 0 bridgehead atoms. The average molecular weight is 331 g/mol. The fraction of sp³-hybridized carbons (Fsp3) is 0.200. The lowest BCUT2D eigenvalue weighted by Crippen LogP contribution is -2.08. The van der Waals surface area contributed by atoms with Gasteiger partial charge in [0.15, 0.2) is 17.5 Å². The van der Waals surface area contributed by atoms with Gasteiger partial charge in [-0.3, -0.25) is 0 Å². The topological polar surface area (TPSA) is 85.2 Å². The summed E-state index contributed by atoms with van der Waals surface area (Å²) in [6.07, 6.45) is 2.90. The summed E-state index contributed by atoms with van der Waals surface area (Å²) >= 11 is 0. The molecule has 0 unspecified atom stereocenters. The maximum absolute atomic E-state index is 14.3. The number of aryl methyl sites for hydroxylation is 1. The minimum atomic E-state index is -1.12. The summed E-state index contributed by atoms with van der Waals surface area (Å²) in [6.45, 7) is 1.72. The van der Waals surface area contributed by atoms with E-state index in [0.717, 1.165) is 0 Å². The van der Waals surface area contributed by atoms with Crippen molar-refractivity contribution in [3.05, 3.63) is 35.8 Å². The zero-order valence-electron chi connectivity index (χ0n) is 13.3. The van der Waals surface area contributed by atoms with Gasteiger partial charge >= 0.3 is 0 Å². The molecule has 0 saturated heterocycles. The number of nitrogens with zero attached hydrogens (tertiary/aromatic N) is 6. The van der Waals surface area contributed by atoms with Crippen molar-refractivity contribution < 1.29 is 8.78 Å². The van der Waals surface area contributed by atoms with Crippen molar-refractivity contribution >= 4 is 28.9 Å². The van der Waals surface area contributed by atoms with Crippen LogP contribution in [-0.2, 0) is 0 Å². The van der Waals surface area contributed by atoms with Crippen LogP contribution in [0.3, 0.4) is 0 Å². The highest BCUT2D eigenvalue weighted by Crippen LogP contribution is 2.29. The molecule has 0 aliphatic rings. The van der Waals surface area contributed by atoms with Crippen molar-refractivity contribution in [1.29, 1.82) is 0 Å². The molecule has 3 aromatic rings. The van der Waals surface area contributed by atoms with Gasteiger partial charge in [0.2, 0.25) is 0 Å². The van der Waals surface area contributed by atoms with Gasteiger partial charge in [0.1, 0.15) is 23.0 Å². The van der Waals surface area contributed by atoms with Gasteiger partial charge in [0.05, 0.1) is 17.7 Å². The summed E-state index contributed by atoms with van der Waals surface area (Å²) < 4.78 is 29.4. The number of aromatic nitrogens is 4. The minimum absolute atomic E-state index is 0.0871. The number of aliphatic imine (C=N–C) groups is 1. The van der Waals surface area contributed by atoms with E-state index >= 15 is 0 Å². The van der Waals surface area contributed by atoms with Crippen molar-refractivity contribution in [1.82, 2.24) is 24.6 Å². The second-order valence-corrected chi connectivity index (χ2v) is 5.40. The summed E-state index contributed by atoms with van der Waals surface area (Å²) in [5, 5.41) is 4.26. The molecule has 2 N–H and O–H groups in total. The second kappa shape index (κ2) is 5.84. The lowest BCUT2D eigenvalue weighted by molar-refractivity contribution is 0.505. The molecular weight excluding hydrogens is 316 g/mol. The summed E-state index contributed by atoms with van der Waals surface area (Å²) in [6, 6.07) is 2.63. The Morgan fingerprint density at radius 2 is 1.96 bits per heavy atom. The van der Waals surface area contributed by atoms with Crippen molar-refractivity contribution in [3.8, 4) is 5.69 Å². The van der Waals surface area contributed by atoms with Gasteiger partial charge in [0, 0.05) is 14.1 Å². The normalized spacial score (nSPS) is 11.5. The first kappa shape index (κ1) is 15.8. The van der Waals surface area contributed by atoms with E-state index in [4.69, 9.17) is 5.73 Å². The van der Waals surface area contributed by atoms with E-state index < -0.39 is 11.6 Å². The SMILES string of the molecule is Cc1nn(-c2ccc(N)c(F)c2F)c2c(/N=C/N(C)C)ncnc12. The van der Waals surface area contributed by atoms with Gasteiger partial charge in [-0.05, 0) is 19.1 Å². The first-order valence-corrected chi connectivity index (χ1v) is 7.05. The van der Waals surface area contributed by atoms with Crippen LogP contribution in [0, 0.1) is 18.6 Å². The van der Waals surface area contributed by atoms with E-state index in [1.807, 2.05) is 0 Å². The number of nitrogen functional groups attached to an aromatic ring is 1. The maximum atomic E-state index is 14.3. The van der Waals surface area contributed by atoms with Crippen molar-refractivity contribution in [2.24, 2.45) is 4.99 Å². The third-order valence-corrected chi connectivity index (χ3v) is 3.34. The molecule has 0 spiro atoms. The number of benzene rings is 1. The molecule has 0 atom stereocenters. The molecule has 0 aliphatic carbocycles. The quantitative estimate of drug-likeness (QED) is 0.452. The Kier molecular flexibility index (Phi) is 3.84. The van der Waals surface area contributed by atoms with Crippen molar-refractivity contribution in [3.63, 3.8) is 0 Å². The van der Waals surface area contributed by atoms with Crippen molar-refractivity contribution in [2.45, 2.75) is 6.92 Å². The number of fused-ring (bicyclic) bond motifs is 1. The summed E-state index contributed by atoms with van der Waals surface area (Å²) in [4.78, 5) is 14.3. The van der Waals surface area contributed by atoms with E-state index in [0.29, 0.717) is 22.5 Å². The van der Waals surface area contributed by atoms with Gasteiger partial charge < -0.3 is 10.6 Å². The zero-order chi connectivity index (χ0) is 17.4. The summed E-state index contributed by atoms with van der Waals surface area (Å²) in [5.74, 6) is -1.92. The molecule has 3 rings (SSSR count). The smallest absolute Gasteiger partial charge is 0.186 e. The van der Waals surface area contributed by atoms with Crippen molar-refractivity contribution in [2.75, 3.05) is 19.8 Å². The molecule has 0 aliphatic heterocycles. The van der Waals surface area contributed by atoms with Crippen LogP contribution in [-0.4, -0.2) is 45.1 Å². The standard InChI is InChI=1S/C15H15F2N7/c1-8-13-14(15(20-6-19-13)21-7-23(2)3)24(22-8)10-5-4-9(18)11(16)12(10)17/h4-7H,18H2,1-3H3/b21-7+. The number of hydrogen-bond acceptors (Lipinski definition) is 5. The van der Waals surface area contributed by atoms with Crippen LogP contribution >= 0.6 is 0 Å². The lowest BCUT2D eigenvalue weighted by Gasteiger charge is -2.08. The van der Waals surface area contributed by atoms with Gasteiger partial charge in [-0.15, -0.1) is 0 Å². The number of rotatable bonds is 3. The molecule has 124 valence electrons. The molecule has 1 aromatic carbocycles. The highest BCUT2D eigenvalue weighted by molar-refractivity contribution is 5.88. The highest BCUT2D eigenvalue weighted by atomic mass is 19.2. The van der Waals surface area contributed by atoms with Crippen LogP contribution in [0.5, 0.6) is 0 Å². The number of nitrogens with two attached hydrogens (primary N) is 1. The van der Waals surface area contributed by atoms with E-state index in [2.05, 4.69) is 20.1 Å². The monoisotopic (exact) mass is 331 g/mol. The molecule has 7 nitrogen and oxygen atoms in total. The van der Waals surface area contributed by atoms with Gasteiger partial charge in [-0.25, -0.2) is 28.4 Å². The van der Waals surface area contributed by atoms with Gasteiger partial charge in [-0.1, -0.05) is 0 Å². The third kappa shape index (κ3) is 2.53. The Bertz CT molecular complexity index is 947. The molecule has 0 amide bonds. The van der Waals surface area contributed by atoms with Crippen LogP contribution in [0.1, 0.15) is 5.69 Å². The molecule has 0 fully saturated rings. The Labute approximate surface area is 136 Å². The van der Waals surface area contributed by atoms with Crippen LogP contribution in [0.2, 0.25) is 0 Å². The molecule has 9 heteroatoms. The van der Waals surface area contributed by atoms with E-state index in [9.17, 15) is 8.78 Å². The zero-order valence-corrected chi connectivity index (χ0v) is 13.3.